The molecular weight excluding hydrogens is 238 g/mol. The lowest BCUT2D eigenvalue weighted by atomic mass is 10.3. The first-order chi connectivity index (χ1) is 9.43. The number of nitrogens with zero attached hydrogens (tertiary/aromatic N) is 4. The van der Waals surface area contributed by atoms with Gasteiger partial charge in [0.2, 0.25) is 0 Å². The summed E-state index contributed by atoms with van der Waals surface area (Å²) in [6.45, 7) is 0. The predicted molar refractivity (Wildman–Crippen MR) is 72.7 cm³/mol. The summed E-state index contributed by atoms with van der Waals surface area (Å²) in [6, 6.07) is 19.8. The van der Waals surface area contributed by atoms with Crippen molar-refractivity contribution in [3.05, 3.63) is 73.1 Å². The number of aromatic amines is 1. The summed E-state index contributed by atoms with van der Waals surface area (Å²) in [5.41, 5.74) is 1.95. The van der Waals surface area contributed by atoms with Crippen LogP contribution in [-0.2, 0) is 0 Å². The molecule has 0 atom stereocenters. The van der Waals surface area contributed by atoms with E-state index in [-0.39, 0.29) is 0 Å². The molecule has 3 rings (SSSR count). The molecule has 0 spiro atoms. The Labute approximate surface area is 110 Å². The summed E-state index contributed by atoms with van der Waals surface area (Å²) in [5, 5.41) is 10.9. The van der Waals surface area contributed by atoms with Crippen molar-refractivity contribution in [2.75, 3.05) is 0 Å². The van der Waals surface area contributed by atoms with Crippen LogP contribution < -0.4 is 0 Å². The fourth-order valence-corrected chi connectivity index (χ4v) is 1.76. The first-order valence-electron chi connectivity index (χ1n) is 5.97. The minimum Gasteiger partial charge on any atom is -0.245 e. The van der Waals surface area contributed by atoms with Crippen molar-refractivity contribution in [2.24, 2.45) is 0 Å². The molecule has 0 unspecified atom stereocenters. The van der Waals surface area contributed by atoms with E-state index in [2.05, 4.69) is 15.6 Å². The van der Waals surface area contributed by atoms with Crippen molar-refractivity contribution in [3.8, 4) is 11.4 Å². The van der Waals surface area contributed by atoms with Crippen LogP contribution in [0.4, 0.5) is 0 Å². The number of benzene rings is 2. The molecule has 0 fully saturated rings. The third-order valence-electron chi connectivity index (χ3n) is 2.71. The molecule has 1 N–H and O–H groups in total. The van der Waals surface area contributed by atoms with Crippen molar-refractivity contribution in [2.45, 2.75) is 0 Å². The molecule has 2 aromatic carbocycles. The molecule has 0 radical (unpaired) electrons. The van der Waals surface area contributed by atoms with Gasteiger partial charge in [-0.1, -0.05) is 36.4 Å². The summed E-state index contributed by atoms with van der Waals surface area (Å²) in [7, 11) is 0. The van der Waals surface area contributed by atoms with Gasteiger partial charge in [0.15, 0.2) is 0 Å². The predicted octanol–water partition coefficient (Wildman–Crippen LogP) is 2.51. The zero-order valence-corrected chi connectivity index (χ0v) is 10.2. The largest absolute Gasteiger partial charge is 0.245 e. The molecular formula is C14H13N5. The van der Waals surface area contributed by atoms with Crippen LogP contribution in [0.15, 0.2) is 73.1 Å². The van der Waals surface area contributed by atoms with Crippen LogP contribution in [-0.4, -0.2) is 25.0 Å². The van der Waals surface area contributed by atoms with E-state index in [0.717, 1.165) is 11.4 Å². The molecule has 0 aliphatic heterocycles. The number of hydrogen-bond donors (Lipinski definition) is 1. The van der Waals surface area contributed by atoms with Crippen molar-refractivity contribution in [1.82, 2.24) is 25.0 Å². The zero-order chi connectivity index (χ0) is 12.9. The van der Waals surface area contributed by atoms with E-state index in [0.29, 0.717) is 0 Å². The maximum absolute atomic E-state index is 4.09. The molecule has 0 amide bonds. The fourth-order valence-electron chi connectivity index (χ4n) is 1.76. The molecule has 0 saturated carbocycles. The van der Waals surface area contributed by atoms with E-state index in [1.54, 1.807) is 9.36 Å². The number of nitrogens with one attached hydrogen (secondary N) is 1. The van der Waals surface area contributed by atoms with Crippen LogP contribution in [0, 0.1) is 0 Å². The molecule has 0 aliphatic carbocycles. The molecule has 1 heterocycles. The summed E-state index contributed by atoms with van der Waals surface area (Å²) in [6.07, 6.45) is 3.73. The van der Waals surface area contributed by atoms with E-state index in [4.69, 9.17) is 0 Å². The Bertz CT molecular complexity index is 618. The minimum absolute atomic E-state index is 0.958. The Morgan fingerprint density at radius 2 is 1.37 bits per heavy atom. The smallest absolute Gasteiger partial charge is 0.0664 e. The van der Waals surface area contributed by atoms with Crippen LogP contribution in [0.25, 0.3) is 11.4 Å². The second kappa shape index (κ2) is 5.22. The van der Waals surface area contributed by atoms with E-state index in [1.165, 1.54) is 0 Å². The Kier molecular flexibility index (Phi) is 3.10. The molecule has 0 bridgehead atoms. The Balaban J connectivity index is 2.03. The standard InChI is InChI=1S/C14H13N5/c1-3-7-13(8-4-1)18-11-12-19(17-15-16-18)14-9-5-2-6-10-14/h1-12H,(H,16,17). The second-order valence-electron chi connectivity index (χ2n) is 3.97. The van der Waals surface area contributed by atoms with Gasteiger partial charge in [-0.25, -0.2) is 9.36 Å². The van der Waals surface area contributed by atoms with Crippen molar-refractivity contribution < 1.29 is 0 Å². The lowest BCUT2D eigenvalue weighted by Crippen LogP contribution is -1.99. The summed E-state index contributed by atoms with van der Waals surface area (Å²) in [5.74, 6) is 0. The van der Waals surface area contributed by atoms with Gasteiger partial charge >= 0.3 is 0 Å². The SMILES string of the molecule is c1ccc(-n2ccn(-c3ccccc3)[nH]nn2)cc1. The Morgan fingerprint density at radius 1 is 0.737 bits per heavy atom. The highest BCUT2D eigenvalue weighted by Gasteiger charge is 1.94. The fraction of sp³-hybridized carbons (Fsp3) is 0. The average Bonchev–Trinajstić information content (AvgIpc) is 2.75. The van der Waals surface area contributed by atoms with Gasteiger partial charge in [0, 0.05) is 12.4 Å². The first-order valence-corrected chi connectivity index (χ1v) is 5.97. The summed E-state index contributed by atoms with van der Waals surface area (Å²) < 4.78 is 3.50. The molecule has 3 aromatic rings. The molecule has 5 heteroatoms. The number of H-pyrrole nitrogens is 1. The van der Waals surface area contributed by atoms with Gasteiger partial charge in [0.25, 0.3) is 0 Å². The van der Waals surface area contributed by atoms with E-state index < -0.39 is 0 Å². The first kappa shape index (κ1) is 11.3. The van der Waals surface area contributed by atoms with E-state index in [9.17, 15) is 0 Å². The Hall–Kier alpha value is -2.82. The van der Waals surface area contributed by atoms with Gasteiger partial charge in [-0.2, -0.15) is 5.21 Å². The topological polar surface area (TPSA) is 51.4 Å². The number of aromatic nitrogens is 5. The van der Waals surface area contributed by atoms with Gasteiger partial charge < -0.3 is 0 Å². The molecule has 0 saturated heterocycles. The number of hydrogen-bond acceptors (Lipinski definition) is 2. The van der Waals surface area contributed by atoms with Gasteiger partial charge in [-0.15, -0.1) is 0 Å². The van der Waals surface area contributed by atoms with Crippen LogP contribution in [0.3, 0.4) is 0 Å². The normalized spacial score (nSPS) is 10.1. The van der Waals surface area contributed by atoms with Gasteiger partial charge in [-0.05, 0) is 34.7 Å². The Morgan fingerprint density at radius 3 is 2.05 bits per heavy atom. The van der Waals surface area contributed by atoms with Crippen LogP contribution in [0.2, 0.25) is 0 Å². The third-order valence-corrected chi connectivity index (χ3v) is 2.71. The lowest BCUT2D eigenvalue weighted by Gasteiger charge is -2.01. The van der Waals surface area contributed by atoms with Gasteiger partial charge in [0.05, 0.1) is 11.4 Å². The maximum Gasteiger partial charge on any atom is 0.0664 e. The molecule has 0 aliphatic rings. The van der Waals surface area contributed by atoms with Crippen molar-refractivity contribution in [3.63, 3.8) is 0 Å². The quantitative estimate of drug-likeness (QED) is 0.760. The monoisotopic (exact) mass is 251 g/mol. The minimum atomic E-state index is 0.958. The molecule has 1 aromatic heterocycles. The highest BCUT2D eigenvalue weighted by Crippen LogP contribution is 2.05. The summed E-state index contributed by atoms with van der Waals surface area (Å²) >= 11 is 0. The zero-order valence-electron chi connectivity index (χ0n) is 10.2. The number of para-hydroxylation sites is 2. The third kappa shape index (κ3) is 2.55. The maximum atomic E-state index is 4.09. The highest BCUT2D eigenvalue weighted by atomic mass is 15.6. The van der Waals surface area contributed by atoms with Crippen molar-refractivity contribution >= 4 is 0 Å². The lowest BCUT2D eigenvalue weighted by molar-refractivity contribution is 0.660. The molecule has 5 nitrogen and oxygen atoms in total. The van der Waals surface area contributed by atoms with Crippen LogP contribution in [0.5, 0.6) is 0 Å². The second-order valence-corrected chi connectivity index (χ2v) is 3.97. The van der Waals surface area contributed by atoms with E-state index >= 15 is 0 Å². The van der Waals surface area contributed by atoms with Gasteiger partial charge in [0.1, 0.15) is 0 Å². The van der Waals surface area contributed by atoms with Crippen LogP contribution in [0.1, 0.15) is 0 Å². The van der Waals surface area contributed by atoms with Crippen molar-refractivity contribution in [1.29, 1.82) is 0 Å². The molecule has 19 heavy (non-hydrogen) atoms. The number of rotatable bonds is 2. The highest BCUT2D eigenvalue weighted by molar-refractivity contribution is 5.30. The average molecular weight is 251 g/mol. The molecule has 94 valence electrons. The summed E-state index contributed by atoms with van der Waals surface area (Å²) in [4.78, 5) is 0. The van der Waals surface area contributed by atoms with E-state index in [1.807, 2.05) is 73.1 Å². The van der Waals surface area contributed by atoms with Crippen LogP contribution >= 0.6 is 0 Å². The van der Waals surface area contributed by atoms with Gasteiger partial charge in [-0.3, -0.25) is 0 Å².